The Balaban J connectivity index is 2.12. The molecule has 2 aromatic rings. The van der Waals surface area contributed by atoms with Crippen molar-refractivity contribution in [1.82, 2.24) is 5.32 Å². The molecule has 2 aromatic carbocycles. The molecule has 0 radical (unpaired) electrons. The molecule has 0 aliphatic heterocycles. The predicted octanol–water partition coefficient (Wildman–Crippen LogP) is 1.84. The second kappa shape index (κ2) is 7.27. The lowest BCUT2D eigenvalue weighted by atomic mass is 10.1. The Morgan fingerprint density at radius 3 is 2.21 bits per heavy atom. The van der Waals surface area contributed by atoms with Gasteiger partial charge in [0.25, 0.3) is 11.8 Å². The summed E-state index contributed by atoms with van der Waals surface area (Å²) in [6.07, 6.45) is 1.15. The lowest BCUT2D eigenvalue weighted by molar-refractivity contribution is 0.0962. The molecular weight excluding hydrogens is 328 g/mol. The van der Waals surface area contributed by atoms with Gasteiger partial charge in [-0.3, -0.25) is 9.59 Å². The van der Waals surface area contributed by atoms with Gasteiger partial charge < -0.3 is 10.6 Å². The van der Waals surface area contributed by atoms with Crippen LogP contribution in [0.4, 0.5) is 5.69 Å². The first-order valence-corrected chi connectivity index (χ1v) is 9.25. The van der Waals surface area contributed by atoms with Crippen molar-refractivity contribution in [2.24, 2.45) is 0 Å². The molecule has 6 nitrogen and oxygen atoms in total. The van der Waals surface area contributed by atoms with Crippen molar-refractivity contribution >= 4 is 27.3 Å². The zero-order valence-corrected chi connectivity index (χ0v) is 14.2. The molecule has 0 aromatic heterocycles. The maximum atomic E-state index is 12.3. The fourth-order valence-electron chi connectivity index (χ4n) is 2.16. The van der Waals surface area contributed by atoms with E-state index < -0.39 is 9.84 Å². The van der Waals surface area contributed by atoms with Gasteiger partial charge in [-0.15, -0.1) is 0 Å². The summed E-state index contributed by atoms with van der Waals surface area (Å²) in [5, 5.41) is 5.23. The molecule has 0 bridgehead atoms. The highest BCUT2D eigenvalue weighted by atomic mass is 32.2. The number of amides is 2. The van der Waals surface area contributed by atoms with Crippen LogP contribution in [0.25, 0.3) is 0 Å². The van der Waals surface area contributed by atoms with E-state index in [9.17, 15) is 18.0 Å². The number of hydrogen-bond acceptors (Lipinski definition) is 4. The maximum Gasteiger partial charge on any atom is 0.255 e. The number of hydrogen-bond donors (Lipinski definition) is 2. The number of anilines is 1. The first-order valence-electron chi connectivity index (χ1n) is 7.18. The van der Waals surface area contributed by atoms with Crippen molar-refractivity contribution in [3.05, 3.63) is 65.2 Å². The molecule has 0 saturated heterocycles. The van der Waals surface area contributed by atoms with E-state index in [0.717, 1.165) is 6.26 Å². The van der Waals surface area contributed by atoms with E-state index >= 15 is 0 Å². The van der Waals surface area contributed by atoms with Gasteiger partial charge in [-0.2, -0.15) is 0 Å². The van der Waals surface area contributed by atoms with Gasteiger partial charge in [-0.25, -0.2) is 8.42 Å². The molecule has 0 spiro atoms. The number of benzene rings is 2. The Hall–Kier alpha value is -2.67. The predicted molar refractivity (Wildman–Crippen MR) is 92.8 cm³/mol. The lowest BCUT2D eigenvalue weighted by Gasteiger charge is -2.08. The lowest BCUT2D eigenvalue weighted by Crippen LogP contribution is -2.18. The minimum atomic E-state index is -3.16. The van der Waals surface area contributed by atoms with Crippen LogP contribution in [0.2, 0.25) is 0 Å². The molecule has 0 unspecified atom stereocenters. The minimum absolute atomic E-state index is 0.116. The molecular formula is C17H18N2O4S. The number of carbonyl (C=O) groups is 2. The molecule has 2 N–H and O–H groups in total. The molecule has 0 heterocycles. The highest BCUT2D eigenvalue weighted by Gasteiger charge is 2.10. The van der Waals surface area contributed by atoms with Gasteiger partial charge in [-0.1, -0.05) is 12.1 Å². The van der Waals surface area contributed by atoms with E-state index in [1.807, 2.05) is 0 Å². The van der Waals surface area contributed by atoms with E-state index in [1.165, 1.54) is 0 Å². The largest absolute Gasteiger partial charge is 0.355 e. The molecule has 0 aliphatic carbocycles. The summed E-state index contributed by atoms with van der Waals surface area (Å²) in [6.45, 7) is 0. The highest BCUT2D eigenvalue weighted by Crippen LogP contribution is 2.13. The number of carbonyl (C=O) groups excluding carboxylic acids is 2. The molecule has 0 aliphatic rings. The van der Waals surface area contributed by atoms with Crippen LogP contribution in [0, 0.1) is 0 Å². The molecule has 2 amide bonds. The third kappa shape index (κ3) is 4.92. The third-order valence-corrected chi connectivity index (χ3v) is 4.11. The summed E-state index contributed by atoms with van der Waals surface area (Å²) in [6, 6.07) is 12.9. The van der Waals surface area contributed by atoms with Gasteiger partial charge in [0.15, 0.2) is 9.84 Å². The summed E-state index contributed by atoms with van der Waals surface area (Å²) < 4.78 is 22.7. The van der Waals surface area contributed by atoms with Gasteiger partial charge in [0.2, 0.25) is 0 Å². The fraction of sp³-hybridized carbons (Fsp3) is 0.176. The maximum absolute atomic E-state index is 12.3. The Bertz CT molecular complexity index is 858. The average molecular weight is 346 g/mol. The molecule has 24 heavy (non-hydrogen) atoms. The quantitative estimate of drug-likeness (QED) is 0.864. The van der Waals surface area contributed by atoms with Gasteiger partial charge in [0, 0.05) is 30.1 Å². The second-order valence-corrected chi connectivity index (χ2v) is 7.52. The topological polar surface area (TPSA) is 92.3 Å². The molecule has 0 saturated carbocycles. The van der Waals surface area contributed by atoms with Crippen molar-refractivity contribution in [2.75, 3.05) is 18.6 Å². The van der Waals surface area contributed by atoms with Crippen LogP contribution >= 0.6 is 0 Å². The van der Waals surface area contributed by atoms with Crippen LogP contribution in [-0.2, 0) is 15.6 Å². The van der Waals surface area contributed by atoms with E-state index in [1.54, 1.807) is 55.6 Å². The summed E-state index contributed by atoms with van der Waals surface area (Å²) in [5.74, 6) is -0.672. The Morgan fingerprint density at radius 1 is 0.958 bits per heavy atom. The number of rotatable bonds is 5. The van der Waals surface area contributed by atoms with Gasteiger partial charge in [-0.05, 0) is 42.0 Å². The number of nitrogens with one attached hydrogen (secondary N) is 2. The first-order chi connectivity index (χ1) is 11.3. The highest BCUT2D eigenvalue weighted by molar-refractivity contribution is 7.89. The molecule has 0 fully saturated rings. The monoisotopic (exact) mass is 346 g/mol. The Labute approximate surface area is 140 Å². The Morgan fingerprint density at radius 2 is 1.62 bits per heavy atom. The smallest absolute Gasteiger partial charge is 0.255 e. The zero-order valence-electron chi connectivity index (χ0n) is 13.4. The molecule has 7 heteroatoms. The minimum Gasteiger partial charge on any atom is -0.355 e. The van der Waals surface area contributed by atoms with Crippen LogP contribution in [0.5, 0.6) is 0 Å². The van der Waals surface area contributed by atoms with Crippen molar-refractivity contribution in [1.29, 1.82) is 0 Å². The van der Waals surface area contributed by atoms with Crippen LogP contribution in [-0.4, -0.2) is 33.5 Å². The zero-order chi connectivity index (χ0) is 17.7. The average Bonchev–Trinajstić information content (AvgIpc) is 2.53. The van der Waals surface area contributed by atoms with E-state index in [-0.39, 0.29) is 17.6 Å². The standard InChI is InChI=1S/C17H18N2O4S/c1-18-16(20)13-6-8-15(9-7-13)19-17(21)14-5-3-4-12(10-14)11-24(2,22)23/h3-10H,11H2,1-2H3,(H,18,20)(H,19,21). The Kier molecular flexibility index (Phi) is 5.35. The van der Waals surface area contributed by atoms with Crippen LogP contribution in [0.3, 0.4) is 0 Å². The third-order valence-electron chi connectivity index (χ3n) is 3.25. The van der Waals surface area contributed by atoms with Crippen molar-refractivity contribution in [3.63, 3.8) is 0 Å². The second-order valence-electron chi connectivity index (χ2n) is 5.38. The van der Waals surface area contributed by atoms with Gasteiger partial charge >= 0.3 is 0 Å². The van der Waals surface area contributed by atoms with Crippen LogP contribution in [0.1, 0.15) is 26.3 Å². The SMILES string of the molecule is CNC(=O)c1ccc(NC(=O)c2cccc(CS(C)(=O)=O)c2)cc1. The normalized spacial score (nSPS) is 10.9. The van der Waals surface area contributed by atoms with Crippen molar-refractivity contribution < 1.29 is 18.0 Å². The van der Waals surface area contributed by atoms with Gasteiger partial charge in [0.1, 0.15) is 0 Å². The van der Waals surface area contributed by atoms with Gasteiger partial charge in [0.05, 0.1) is 5.75 Å². The summed E-state index contributed by atoms with van der Waals surface area (Å²) in [5.41, 5.74) is 1.96. The summed E-state index contributed by atoms with van der Waals surface area (Å²) >= 11 is 0. The summed E-state index contributed by atoms with van der Waals surface area (Å²) in [7, 11) is -1.62. The van der Waals surface area contributed by atoms with Crippen molar-refractivity contribution in [3.8, 4) is 0 Å². The van der Waals surface area contributed by atoms with E-state index in [4.69, 9.17) is 0 Å². The molecule has 2 rings (SSSR count). The van der Waals surface area contributed by atoms with Crippen molar-refractivity contribution in [2.45, 2.75) is 5.75 Å². The van der Waals surface area contributed by atoms with E-state index in [0.29, 0.717) is 22.4 Å². The number of sulfone groups is 1. The van der Waals surface area contributed by atoms with Crippen LogP contribution < -0.4 is 10.6 Å². The summed E-state index contributed by atoms with van der Waals surface area (Å²) in [4.78, 5) is 23.7. The fourth-order valence-corrected chi connectivity index (χ4v) is 2.94. The molecule has 126 valence electrons. The van der Waals surface area contributed by atoms with Crippen LogP contribution in [0.15, 0.2) is 48.5 Å². The van der Waals surface area contributed by atoms with E-state index in [2.05, 4.69) is 10.6 Å². The molecule has 0 atom stereocenters. The first kappa shape index (κ1) is 17.7.